The number of nitriles is 1. The number of rotatable bonds is 5. The second-order valence-corrected chi connectivity index (χ2v) is 7.34. The number of nitrogens with zero attached hydrogens (tertiary/aromatic N) is 3. The minimum Gasteiger partial charge on any atom is -0.458 e. The molecule has 1 fully saturated rings. The fourth-order valence-electron chi connectivity index (χ4n) is 3.13. The monoisotopic (exact) mass is 424 g/mol. The number of carbonyl (C=O) groups is 1. The lowest BCUT2D eigenvalue weighted by atomic mass is 10.0. The van der Waals surface area contributed by atoms with Gasteiger partial charge in [-0.25, -0.2) is 4.39 Å². The SMILES string of the molecule is CC(C)[C@H](N)C(=O)OC[C@@]1(F)O[C@@](C#N)(n2ccc3c(=O)[nH]c(N)nc32)[C@H](O)[C@@H]1O. The standard InChI is InChI=1S/C17H21FN6O6/c1-7(2)9(20)14(28)29-6-16(18)10(25)11(26)17(5-19,30-16)24-4-3-8-12(24)22-15(21)23-13(8)27/h3-4,7,9-11,25-26H,6,20H2,1-2H3,(H3,21,22,23,27)/t9-,10-,11+,16+,17+/m0/s1. The highest BCUT2D eigenvalue weighted by atomic mass is 19.2. The summed E-state index contributed by atoms with van der Waals surface area (Å²) < 4.78 is 26.2. The Labute approximate surface area is 168 Å². The van der Waals surface area contributed by atoms with E-state index in [1.165, 1.54) is 6.07 Å². The molecule has 2 aromatic heterocycles. The number of anilines is 1. The predicted molar refractivity (Wildman–Crippen MR) is 99.1 cm³/mol. The van der Waals surface area contributed by atoms with Crippen LogP contribution in [0.4, 0.5) is 10.3 Å². The van der Waals surface area contributed by atoms with Crippen LogP contribution in [0.1, 0.15) is 13.8 Å². The van der Waals surface area contributed by atoms with Gasteiger partial charge in [-0.05, 0) is 12.0 Å². The average Bonchev–Trinajstić information content (AvgIpc) is 3.20. The Morgan fingerprint density at radius 2 is 2.20 bits per heavy atom. The second-order valence-electron chi connectivity index (χ2n) is 7.34. The van der Waals surface area contributed by atoms with E-state index in [-0.39, 0.29) is 22.9 Å². The van der Waals surface area contributed by atoms with E-state index >= 15 is 4.39 Å². The van der Waals surface area contributed by atoms with Crippen molar-refractivity contribution in [2.75, 3.05) is 12.3 Å². The molecule has 1 saturated heterocycles. The van der Waals surface area contributed by atoms with Crippen molar-refractivity contribution in [3.63, 3.8) is 0 Å². The molecule has 7 N–H and O–H groups in total. The predicted octanol–water partition coefficient (Wildman–Crippen LogP) is -1.57. The van der Waals surface area contributed by atoms with E-state index in [9.17, 15) is 25.1 Å². The van der Waals surface area contributed by atoms with Crippen LogP contribution in [0.3, 0.4) is 0 Å². The number of halogens is 1. The van der Waals surface area contributed by atoms with Crippen molar-refractivity contribution in [2.45, 2.75) is 43.7 Å². The van der Waals surface area contributed by atoms with Crippen LogP contribution in [-0.4, -0.2) is 61.4 Å². The summed E-state index contributed by atoms with van der Waals surface area (Å²) in [5.41, 5.74) is 7.81. The van der Waals surface area contributed by atoms with Gasteiger partial charge in [-0.3, -0.25) is 23.9 Å². The topological polar surface area (TPSA) is 202 Å². The number of aromatic amines is 1. The Morgan fingerprint density at radius 1 is 1.53 bits per heavy atom. The summed E-state index contributed by atoms with van der Waals surface area (Å²) in [5.74, 6) is -4.69. The minimum absolute atomic E-state index is 0.0187. The first kappa shape index (κ1) is 21.7. The molecule has 0 aromatic carbocycles. The van der Waals surface area contributed by atoms with Crippen molar-refractivity contribution >= 4 is 23.0 Å². The zero-order valence-electron chi connectivity index (χ0n) is 16.1. The zero-order chi connectivity index (χ0) is 22.4. The van der Waals surface area contributed by atoms with Crippen molar-refractivity contribution < 1.29 is 28.9 Å². The maximum Gasteiger partial charge on any atom is 0.323 e. The molecule has 0 bridgehead atoms. The van der Waals surface area contributed by atoms with Crippen LogP contribution in [0.2, 0.25) is 0 Å². The molecule has 12 nitrogen and oxygen atoms in total. The summed E-state index contributed by atoms with van der Waals surface area (Å²) in [7, 11) is 0. The number of carbonyl (C=O) groups excluding carboxylic acids is 1. The van der Waals surface area contributed by atoms with Gasteiger partial charge in [0, 0.05) is 6.20 Å². The molecule has 0 saturated carbocycles. The minimum atomic E-state index is -3.15. The summed E-state index contributed by atoms with van der Waals surface area (Å²) >= 11 is 0. The largest absolute Gasteiger partial charge is 0.458 e. The van der Waals surface area contributed by atoms with Crippen LogP contribution in [0.15, 0.2) is 17.1 Å². The highest BCUT2D eigenvalue weighted by Gasteiger charge is 2.66. The number of esters is 1. The molecule has 0 spiro atoms. The van der Waals surface area contributed by atoms with E-state index in [2.05, 4.69) is 9.97 Å². The van der Waals surface area contributed by atoms with Crippen molar-refractivity contribution in [3.05, 3.63) is 22.6 Å². The van der Waals surface area contributed by atoms with Crippen molar-refractivity contribution in [3.8, 4) is 6.07 Å². The third-order valence-electron chi connectivity index (χ3n) is 4.96. The number of nitrogens with one attached hydrogen (secondary N) is 1. The summed E-state index contributed by atoms with van der Waals surface area (Å²) in [4.78, 5) is 30.1. The molecule has 162 valence electrons. The summed E-state index contributed by atoms with van der Waals surface area (Å²) in [6.07, 6.45) is -3.27. The van der Waals surface area contributed by atoms with Gasteiger partial charge in [-0.2, -0.15) is 10.2 Å². The van der Waals surface area contributed by atoms with Crippen molar-refractivity contribution in [1.29, 1.82) is 5.26 Å². The first-order valence-corrected chi connectivity index (χ1v) is 8.93. The van der Waals surface area contributed by atoms with E-state index in [4.69, 9.17) is 20.9 Å². The first-order chi connectivity index (χ1) is 14.0. The van der Waals surface area contributed by atoms with Crippen LogP contribution in [0.25, 0.3) is 11.0 Å². The van der Waals surface area contributed by atoms with E-state index in [0.29, 0.717) is 0 Å². The maximum absolute atomic E-state index is 15.4. The quantitative estimate of drug-likeness (QED) is 0.349. The van der Waals surface area contributed by atoms with Gasteiger partial charge in [0.2, 0.25) is 5.95 Å². The number of aliphatic hydroxyl groups is 2. The Kier molecular flexibility index (Phi) is 5.29. The molecule has 5 atom stereocenters. The number of aromatic nitrogens is 3. The number of aliphatic hydroxyl groups excluding tert-OH is 2. The van der Waals surface area contributed by atoms with E-state index in [1.807, 2.05) is 0 Å². The number of alkyl halides is 1. The Hall–Kier alpha value is -3.05. The normalized spacial score (nSPS) is 29.8. The van der Waals surface area contributed by atoms with Gasteiger partial charge in [-0.1, -0.05) is 13.8 Å². The van der Waals surface area contributed by atoms with Crippen molar-refractivity contribution in [1.82, 2.24) is 14.5 Å². The fourth-order valence-corrected chi connectivity index (χ4v) is 3.13. The fraction of sp³-hybridized carbons (Fsp3) is 0.529. The van der Waals surface area contributed by atoms with Crippen molar-refractivity contribution in [2.24, 2.45) is 11.7 Å². The van der Waals surface area contributed by atoms with Crippen LogP contribution >= 0.6 is 0 Å². The Morgan fingerprint density at radius 3 is 2.80 bits per heavy atom. The number of nitrogens with two attached hydrogens (primary N) is 2. The van der Waals surface area contributed by atoms with E-state index in [1.54, 1.807) is 19.9 Å². The molecule has 0 unspecified atom stereocenters. The second kappa shape index (κ2) is 7.33. The smallest absolute Gasteiger partial charge is 0.323 e. The molecule has 2 aromatic rings. The highest BCUT2D eigenvalue weighted by Crippen LogP contribution is 2.44. The summed E-state index contributed by atoms with van der Waals surface area (Å²) in [6.45, 7) is 2.17. The van der Waals surface area contributed by atoms with Crippen LogP contribution < -0.4 is 17.0 Å². The lowest BCUT2D eigenvalue weighted by Crippen LogP contribution is -2.46. The van der Waals surface area contributed by atoms with Gasteiger partial charge in [-0.15, -0.1) is 0 Å². The molecular formula is C17H21FN6O6. The Bertz CT molecular complexity index is 1080. The molecular weight excluding hydrogens is 403 g/mol. The molecule has 30 heavy (non-hydrogen) atoms. The maximum atomic E-state index is 15.4. The summed E-state index contributed by atoms with van der Waals surface area (Å²) in [5, 5.41) is 30.5. The van der Waals surface area contributed by atoms with Gasteiger partial charge in [0.25, 0.3) is 17.1 Å². The number of H-pyrrole nitrogens is 1. The van der Waals surface area contributed by atoms with Gasteiger partial charge in [0.1, 0.15) is 24.3 Å². The molecule has 1 aliphatic rings. The van der Waals surface area contributed by atoms with Crippen LogP contribution in [0.5, 0.6) is 0 Å². The number of hydrogen-bond donors (Lipinski definition) is 5. The number of fused-ring (bicyclic) bond motifs is 1. The van der Waals surface area contributed by atoms with Crippen LogP contribution in [-0.2, 0) is 20.0 Å². The number of nitrogen functional groups attached to an aromatic ring is 1. The van der Waals surface area contributed by atoms with E-state index < -0.39 is 48.0 Å². The lowest BCUT2D eigenvalue weighted by molar-refractivity contribution is -0.233. The molecule has 0 amide bonds. The Balaban J connectivity index is 1.99. The third kappa shape index (κ3) is 3.19. The molecule has 3 heterocycles. The zero-order valence-corrected chi connectivity index (χ0v) is 16.1. The van der Waals surface area contributed by atoms with Gasteiger partial charge >= 0.3 is 5.97 Å². The van der Waals surface area contributed by atoms with E-state index in [0.717, 1.165) is 10.8 Å². The molecule has 13 heteroatoms. The molecule has 0 aliphatic carbocycles. The molecule has 3 rings (SSSR count). The highest BCUT2D eigenvalue weighted by molar-refractivity contribution is 5.77. The average molecular weight is 424 g/mol. The molecule has 1 aliphatic heterocycles. The lowest BCUT2D eigenvalue weighted by Gasteiger charge is -2.27. The number of ether oxygens (including phenoxy) is 2. The molecule has 0 radical (unpaired) electrons. The first-order valence-electron chi connectivity index (χ1n) is 8.93. The van der Waals surface area contributed by atoms with Gasteiger partial charge in [0.15, 0.2) is 12.3 Å². The van der Waals surface area contributed by atoms with Gasteiger partial charge in [0.05, 0.1) is 5.39 Å². The van der Waals surface area contributed by atoms with Gasteiger partial charge < -0.3 is 26.4 Å². The third-order valence-corrected chi connectivity index (χ3v) is 4.96. The number of hydrogen-bond acceptors (Lipinski definition) is 10. The summed E-state index contributed by atoms with van der Waals surface area (Å²) in [6, 6.07) is 1.81. The van der Waals surface area contributed by atoms with Crippen LogP contribution in [0, 0.1) is 17.2 Å².